The van der Waals surface area contributed by atoms with Crippen LogP contribution >= 0.6 is 23.4 Å². The minimum absolute atomic E-state index is 0.0589. The second-order valence-corrected chi connectivity index (χ2v) is 8.17. The van der Waals surface area contributed by atoms with Gasteiger partial charge >= 0.3 is 0 Å². The van der Waals surface area contributed by atoms with Crippen LogP contribution in [0.2, 0.25) is 5.02 Å². The molecule has 0 aliphatic carbocycles. The van der Waals surface area contributed by atoms with Crippen molar-refractivity contribution in [3.63, 3.8) is 0 Å². The summed E-state index contributed by atoms with van der Waals surface area (Å²) < 4.78 is 1.68. The molecule has 1 N–H and O–H groups in total. The van der Waals surface area contributed by atoms with Gasteiger partial charge in [-0.05, 0) is 37.1 Å². The second-order valence-electron chi connectivity index (χ2n) is 6.82. The maximum Gasteiger partial charge on any atom is 0.262 e. The highest BCUT2D eigenvalue weighted by molar-refractivity contribution is 7.99. The standard InChI is InChI=1S/C22H24ClN3O2S/c1-3-4-13-26-21(28)17-10-6-8-12-19(17)25-22(26)29-14-20(27)24-15(2)16-9-5-7-11-18(16)23/h5-12,15H,3-4,13-14H2,1-2H3,(H,24,27). The van der Waals surface area contributed by atoms with E-state index in [0.717, 1.165) is 18.4 Å². The quantitative estimate of drug-likeness (QED) is 0.412. The van der Waals surface area contributed by atoms with Crippen LogP contribution in [-0.2, 0) is 11.3 Å². The summed E-state index contributed by atoms with van der Waals surface area (Å²) in [5.41, 5.74) is 1.46. The van der Waals surface area contributed by atoms with Gasteiger partial charge in [0.1, 0.15) is 0 Å². The summed E-state index contributed by atoms with van der Waals surface area (Å²) in [5, 5.41) is 4.76. The normalized spacial score (nSPS) is 12.1. The van der Waals surface area contributed by atoms with Gasteiger partial charge in [0, 0.05) is 11.6 Å². The molecule has 152 valence electrons. The first-order valence-electron chi connectivity index (χ1n) is 9.67. The summed E-state index contributed by atoms with van der Waals surface area (Å²) in [5.74, 6) is 0.0398. The minimum atomic E-state index is -0.205. The zero-order valence-electron chi connectivity index (χ0n) is 16.5. The van der Waals surface area contributed by atoms with Crippen LogP contribution in [0.4, 0.5) is 0 Å². The molecule has 1 unspecified atom stereocenters. The van der Waals surface area contributed by atoms with Crippen LogP contribution in [0.15, 0.2) is 58.5 Å². The zero-order chi connectivity index (χ0) is 20.8. The smallest absolute Gasteiger partial charge is 0.262 e. The summed E-state index contributed by atoms with van der Waals surface area (Å²) in [4.78, 5) is 30.0. The van der Waals surface area contributed by atoms with Gasteiger partial charge in [0.2, 0.25) is 5.91 Å². The lowest BCUT2D eigenvalue weighted by molar-refractivity contribution is -0.119. The lowest BCUT2D eigenvalue weighted by atomic mass is 10.1. The van der Waals surface area contributed by atoms with Crippen LogP contribution in [-0.4, -0.2) is 21.2 Å². The minimum Gasteiger partial charge on any atom is -0.349 e. The van der Waals surface area contributed by atoms with E-state index in [1.165, 1.54) is 11.8 Å². The summed E-state index contributed by atoms with van der Waals surface area (Å²) in [6, 6.07) is 14.6. The molecular weight excluding hydrogens is 406 g/mol. The molecule has 0 aliphatic rings. The zero-order valence-corrected chi connectivity index (χ0v) is 18.1. The van der Waals surface area contributed by atoms with Gasteiger partial charge in [-0.1, -0.05) is 67.0 Å². The van der Waals surface area contributed by atoms with E-state index in [-0.39, 0.29) is 23.3 Å². The molecule has 1 heterocycles. The molecule has 3 rings (SSSR count). The van der Waals surface area contributed by atoms with Crippen molar-refractivity contribution >= 4 is 40.2 Å². The van der Waals surface area contributed by atoms with Crippen molar-refractivity contribution in [2.75, 3.05) is 5.75 Å². The Labute approximate surface area is 179 Å². The van der Waals surface area contributed by atoms with Gasteiger partial charge in [-0.2, -0.15) is 0 Å². The van der Waals surface area contributed by atoms with Gasteiger partial charge in [0.15, 0.2) is 5.16 Å². The lowest BCUT2D eigenvalue weighted by Crippen LogP contribution is -2.29. The van der Waals surface area contributed by atoms with Gasteiger partial charge in [0.05, 0.1) is 22.7 Å². The molecular formula is C22H24ClN3O2S. The summed E-state index contributed by atoms with van der Waals surface area (Å²) in [7, 11) is 0. The van der Waals surface area contributed by atoms with E-state index >= 15 is 0 Å². The number of nitrogens with zero attached hydrogens (tertiary/aromatic N) is 2. The Bertz CT molecular complexity index is 1070. The monoisotopic (exact) mass is 429 g/mol. The molecule has 0 spiro atoms. The molecule has 29 heavy (non-hydrogen) atoms. The molecule has 0 fully saturated rings. The van der Waals surface area contributed by atoms with Crippen molar-refractivity contribution in [2.24, 2.45) is 0 Å². The predicted octanol–water partition coefficient (Wildman–Crippen LogP) is 4.82. The molecule has 0 radical (unpaired) electrons. The van der Waals surface area contributed by atoms with E-state index in [1.54, 1.807) is 16.7 Å². The number of thioether (sulfide) groups is 1. The SMILES string of the molecule is CCCCn1c(SCC(=O)NC(C)c2ccccc2Cl)nc2ccccc2c1=O. The van der Waals surface area contributed by atoms with Crippen LogP contribution in [0.5, 0.6) is 0 Å². The number of carbonyl (C=O) groups is 1. The molecule has 0 aliphatic heterocycles. The van der Waals surface area contributed by atoms with E-state index in [9.17, 15) is 9.59 Å². The highest BCUT2D eigenvalue weighted by atomic mass is 35.5. The van der Waals surface area contributed by atoms with Crippen molar-refractivity contribution in [2.45, 2.75) is 44.4 Å². The average molecular weight is 430 g/mol. The average Bonchev–Trinajstić information content (AvgIpc) is 2.72. The number of benzene rings is 2. The van der Waals surface area contributed by atoms with E-state index in [4.69, 9.17) is 11.6 Å². The topological polar surface area (TPSA) is 64.0 Å². The third-order valence-corrected chi connectivity index (χ3v) is 5.96. The second kappa shape index (κ2) is 9.94. The van der Waals surface area contributed by atoms with Gasteiger partial charge < -0.3 is 5.32 Å². The highest BCUT2D eigenvalue weighted by Gasteiger charge is 2.15. The van der Waals surface area contributed by atoms with Crippen molar-refractivity contribution in [3.05, 3.63) is 69.5 Å². The lowest BCUT2D eigenvalue weighted by Gasteiger charge is -2.16. The number of fused-ring (bicyclic) bond motifs is 1. The molecule has 1 amide bonds. The number of aromatic nitrogens is 2. The molecule has 1 aromatic heterocycles. The Balaban J connectivity index is 1.76. The van der Waals surface area contributed by atoms with Gasteiger partial charge in [-0.3, -0.25) is 14.2 Å². The number of amides is 1. The number of para-hydroxylation sites is 1. The number of unbranched alkanes of at least 4 members (excludes halogenated alkanes) is 1. The van der Waals surface area contributed by atoms with Crippen molar-refractivity contribution in [1.82, 2.24) is 14.9 Å². The van der Waals surface area contributed by atoms with Gasteiger partial charge in [-0.15, -0.1) is 0 Å². The van der Waals surface area contributed by atoms with Crippen molar-refractivity contribution in [3.8, 4) is 0 Å². The Morgan fingerprint density at radius 2 is 1.93 bits per heavy atom. The number of rotatable bonds is 8. The van der Waals surface area contributed by atoms with Crippen molar-refractivity contribution in [1.29, 1.82) is 0 Å². The fourth-order valence-electron chi connectivity index (χ4n) is 3.09. The molecule has 0 bridgehead atoms. The Morgan fingerprint density at radius 3 is 2.69 bits per heavy atom. The highest BCUT2D eigenvalue weighted by Crippen LogP contribution is 2.23. The Morgan fingerprint density at radius 1 is 1.21 bits per heavy atom. The number of hydrogen-bond acceptors (Lipinski definition) is 4. The molecule has 7 heteroatoms. The Hall–Kier alpha value is -2.31. The van der Waals surface area contributed by atoms with Crippen LogP contribution in [0, 0.1) is 0 Å². The summed E-state index contributed by atoms with van der Waals surface area (Å²) >= 11 is 7.50. The first-order valence-corrected chi connectivity index (χ1v) is 11.0. The largest absolute Gasteiger partial charge is 0.349 e. The predicted molar refractivity (Wildman–Crippen MR) is 120 cm³/mol. The summed E-state index contributed by atoms with van der Waals surface area (Å²) in [6.07, 6.45) is 1.85. The van der Waals surface area contributed by atoms with Crippen LogP contribution in [0.25, 0.3) is 10.9 Å². The molecule has 2 aromatic carbocycles. The third kappa shape index (κ3) is 5.19. The van der Waals surface area contributed by atoms with E-state index in [2.05, 4.69) is 17.2 Å². The number of carbonyl (C=O) groups excluding carboxylic acids is 1. The Kier molecular flexibility index (Phi) is 7.34. The van der Waals surface area contributed by atoms with E-state index in [1.807, 2.05) is 43.3 Å². The number of nitrogens with one attached hydrogen (secondary N) is 1. The molecule has 1 atom stereocenters. The maximum absolute atomic E-state index is 12.9. The molecule has 0 saturated heterocycles. The molecule has 3 aromatic rings. The fraction of sp³-hybridized carbons (Fsp3) is 0.318. The first-order chi connectivity index (χ1) is 14.0. The van der Waals surface area contributed by atoms with E-state index < -0.39 is 0 Å². The summed E-state index contributed by atoms with van der Waals surface area (Å²) in [6.45, 7) is 4.57. The number of hydrogen-bond donors (Lipinski definition) is 1. The molecule has 0 saturated carbocycles. The fourth-order valence-corrected chi connectivity index (χ4v) is 4.22. The maximum atomic E-state index is 12.9. The third-order valence-electron chi connectivity index (χ3n) is 4.64. The van der Waals surface area contributed by atoms with Crippen LogP contribution in [0.1, 0.15) is 38.3 Å². The van der Waals surface area contributed by atoms with Crippen LogP contribution < -0.4 is 10.9 Å². The molecule has 5 nitrogen and oxygen atoms in total. The van der Waals surface area contributed by atoms with Crippen molar-refractivity contribution < 1.29 is 4.79 Å². The van der Waals surface area contributed by atoms with Gasteiger partial charge in [-0.25, -0.2) is 4.98 Å². The number of halogens is 1. The van der Waals surface area contributed by atoms with Gasteiger partial charge in [0.25, 0.3) is 5.56 Å². The van der Waals surface area contributed by atoms with Crippen LogP contribution in [0.3, 0.4) is 0 Å². The first kappa shape index (κ1) is 21.4. The van der Waals surface area contributed by atoms with E-state index in [0.29, 0.717) is 27.6 Å².